The van der Waals surface area contributed by atoms with Gasteiger partial charge >= 0.3 is 12.2 Å². The van der Waals surface area contributed by atoms with E-state index in [0.717, 1.165) is 18.3 Å². The summed E-state index contributed by atoms with van der Waals surface area (Å²) in [6.07, 6.45) is -2.26. The maximum atomic E-state index is 12.9. The van der Waals surface area contributed by atoms with Crippen molar-refractivity contribution in [1.29, 1.82) is 0 Å². The number of alkyl halides is 3. The van der Waals surface area contributed by atoms with Crippen molar-refractivity contribution >= 4 is 34.8 Å². The number of nitrogens with zero attached hydrogens (tertiary/aromatic N) is 5. The number of fused-ring (bicyclic) bond motifs is 1. The Morgan fingerprint density at radius 1 is 1.18 bits per heavy atom. The number of urea groups is 1. The van der Waals surface area contributed by atoms with Crippen LogP contribution in [0.1, 0.15) is 11.3 Å². The van der Waals surface area contributed by atoms with Gasteiger partial charge in [0.2, 0.25) is 5.91 Å². The Balaban J connectivity index is 1.40. The van der Waals surface area contributed by atoms with Crippen molar-refractivity contribution in [2.24, 2.45) is 0 Å². The fourth-order valence-corrected chi connectivity index (χ4v) is 4.49. The monoisotopic (exact) mass is 555 g/mol. The predicted octanol–water partition coefficient (Wildman–Crippen LogP) is 2.98. The van der Waals surface area contributed by atoms with E-state index in [9.17, 15) is 22.8 Å². The molecule has 0 atom stereocenters. The van der Waals surface area contributed by atoms with Gasteiger partial charge in [-0.3, -0.25) is 15.0 Å². The van der Waals surface area contributed by atoms with Gasteiger partial charge in [0.05, 0.1) is 30.5 Å². The molecule has 208 valence electrons. The lowest BCUT2D eigenvalue weighted by Gasteiger charge is -2.26. The number of benzene rings is 1. The van der Waals surface area contributed by atoms with Gasteiger partial charge in [0.15, 0.2) is 11.6 Å². The van der Waals surface area contributed by atoms with Crippen LogP contribution in [-0.2, 0) is 17.5 Å². The molecule has 1 aliphatic heterocycles. The van der Waals surface area contributed by atoms with E-state index in [1.165, 1.54) is 13.4 Å². The first-order chi connectivity index (χ1) is 19.1. The fourth-order valence-electron chi connectivity index (χ4n) is 4.49. The van der Waals surface area contributed by atoms with E-state index in [0.29, 0.717) is 53.4 Å². The smallest absolute Gasteiger partial charge is 0.416 e. The second kappa shape index (κ2) is 10.7. The summed E-state index contributed by atoms with van der Waals surface area (Å²) in [4.78, 5) is 34.2. The topological polar surface area (TPSA) is 152 Å². The molecule has 0 radical (unpaired) electrons. The van der Waals surface area contributed by atoms with Crippen molar-refractivity contribution in [2.45, 2.75) is 12.7 Å². The number of aromatic nitrogens is 4. The molecule has 5 rings (SSSR count). The normalized spacial score (nSPS) is 14.2. The zero-order chi connectivity index (χ0) is 28.4. The van der Waals surface area contributed by atoms with E-state index in [4.69, 9.17) is 10.5 Å². The van der Waals surface area contributed by atoms with E-state index >= 15 is 0 Å². The number of nitrogens with one attached hydrogen (secondary N) is 3. The Bertz CT molecular complexity index is 1570. The van der Waals surface area contributed by atoms with Crippen LogP contribution in [0.3, 0.4) is 0 Å². The van der Waals surface area contributed by atoms with Crippen molar-refractivity contribution in [3.63, 3.8) is 0 Å². The van der Waals surface area contributed by atoms with Gasteiger partial charge in [0, 0.05) is 31.5 Å². The van der Waals surface area contributed by atoms with E-state index in [1.807, 2.05) is 4.90 Å². The van der Waals surface area contributed by atoms with Gasteiger partial charge in [-0.15, -0.1) is 0 Å². The molecule has 0 saturated carbocycles. The quantitative estimate of drug-likeness (QED) is 0.284. The number of amides is 3. The van der Waals surface area contributed by atoms with Crippen LogP contribution in [0.15, 0.2) is 48.9 Å². The van der Waals surface area contributed by atoms with Crippen LogP contribution in [0.25, 0.3) is 16.6 Å². The van der Waals surface area contributed by atoms with Crippen molar-refractivity contribution in [1.82, 2.24) is 29.8 Å². The third-order valence-electron chi connectivity index (χ3n) is 6.26. The van der Waals surface area contributed by atoms with Gasteiger partial charge in [-0.2, -0.15) is 18.3 Å². The summed E-state index contributed by atoms with van der Waals surface area (Å²) in [7, 11) is 1.52. The van der Waals surface area contributed by atoms with Gasteiger partial charge in [-0.25, -0.2) is 19.3 Å². The second-order valence-electron chi connectivity index (χ2n) is 8.91. The molecule has 0 aliphatic carbocycles. The molecule has 0 unspecified atom stereocenters. The number of nitrogen functional groups attached to an aromatic ring is 1. The average Bonchev–Trinajstić information content (AvgIpc) is 3.23. The highest BCUT2D eigenvalue weighted by Crippen LogP contribution is 2.41. The number of anilines is 3. The standard InChI is InChI=1S/C25H24F3N9O3/c1-40-22-17(11-36-9-8-31-19(38)12-36)37-21(23(29)32-13-33-37)20(22)14-2-4-16(5-3-14)34-24(39)35-18-10-15(6-7-30-18)25(26,27)28/h2-7,10,13H,8-9,11-12H2,1H3,(H,31,38)(H2,29,32,33)(H2,30,34,35,39). The Labute approximate surface area is 225 Å². The van der Waals surface area contributed by atoms with Crippen molar-refractivity contribution in [2.75, 3.05) is 43.1 Å². The molecule has 1 saturated heterocycles. The van der Waals surface area contributed by atoms with E-state index in [2.05, 4.69) is 31.0 Å². The molecule has 3 amide bonds. The molecule has 4 aromatic rings. The highest BCUT2D eigenvalue weighted by molar-refractivity contribution is 6.00. The van der Waals surface area contributed by atoms with Crippen LogP contribution in [0.5, 0.6) is 5.75 Å². The van der Waals surface area contributed by atoms with E-state index in [1.54, 1.807) is 28.8 Å². The van der Waals surface area contributed by atoms with Crippen LogP contribution >= 0.6 is 0 Å². The van der Waals surface area contributed by atoms with E-state index < -0.39 is 17.8 Å². The highest BCUT2D eigenvalue weighted by atomic mass is 19.4. The van der Waals surface area contributed by atoms with Gasteiger partial charge < -0.3 is 21.1 Å². The predicted molar refractivity (Wildman–Crippen MR) is 140 cm³/mol. The number of carbonyl (C=O) groups is 2. The Morgan fingerprint density at radius 3 is 2.65 bits per heavy atom. The van der Waals surface area contributed by atoms with Gasteiger partial charge in [-0.05, 0) is 29.8 Å². The first kappa shape index (κ1) is 26.7. The molecular weight excluding hydrogens is 531 g/mol. The molecule has 5 N–H and O–H groups in total. The Kier molecular flexibility index (Phi) is 7.13. The first-order valence-electron chi connectivity index (χ1n) is 12.0. The summed E-state index contributed by atoms with van der Waals surface area (Å²) >= 11 is 0. The zero-order valence-electron chi connectivity index (χ0n) is 21.1. The number of pyridine rings is 1. The summed E-state index contributed by atoms with van der Waals surface area (Å²) in [5.41, 5.74) is 8.21. The lowest BCUT2D eigenvalue weighted by molar-refractivity contribution is -0.137. The summed E-state index contributed by atoms with van der Waals surface area (Å²) in [6.45, 7) is 1.78. The number of carbonyl (C=O) groups excluding carboxylic acids is 2. The molecule has 1 aliphatic rings. The van der Waals surface area contributed by atoms with Crippen molar-refractivity contribution in [3.8, 4) is 16.9 Å². The molecule has 0 bridgehead atoms. The Morgan fingerprint density at radius 2 is 1.95 bits per heavy atom. The van der Waals surface area contributed by atoms with E-state index in [-0.39, 0.29) is 24.1 Å². The van der Waals surface area contributed by atoms with Gasteiger partial charge in [0.1, 0.15) is 17.7 Å². The minimum Gasteiger partial charge on any atom is -0.494 e. The number of hydrogen-bond acceptors (Lipinski definition) is 8. The molecule has 1 aromatic carbocycles. The lowest BCUT2D eigenvalue weighted by Crippen LogP contribution is -2.47. The lowest BCUT2D eigenvalue weighted by atomic mass is 10.0. The van der Waals surface area contributed by atoms with Gasteiger partial charge in [0.25, 0.3) is 0 Å². The second-order valence-corrected chi connectivity index (χ2v) is 8.91. The van der Waals surface area contributed by atoms with Crippen LogP contribution in [0, 0.1) is 0 Å². The number of ether oxygens (including phenoxy) is 1. The maximum absolute atomic E-state index is 12.9. The zero-order valence-corrected chi connectivity index (χ0v) is 21.1. The van der Waals surface area contributed by atoms with Crippen LogP contribution in [0.4, 0.5) is 35.3 Å². The summed E-state index contributed by atoms with van der Waals surface area (Å²) in [6, 6.07) is 7.47. The first-order valence-corrected chi connectivity index (χ1v) is 12.0. The fraction of sp³-hybridized carbons (Fsp3) is 0.240. The molecule has 1 fully saturated rings. The molecule has 15 heteroatoms. The molecule has 0 spiro atoms. The third-order valence-corrected chi connectivity index (χ3v) is 6.26. The summed E-state index contributed by atoms with van der Waals surface area (Å²) < 4.78 is 46.3. The maximum Gasteiger partial charge on any atom is 0.416 e. The number of hydrogen-bond donors (Lipinski definition) is 4. The molecule has 3 aromatic heterocycles. The van der Waals surface area contributed by atoms with Crippen LogP contribution in [-0.4, -0.2) is 63.2 Å². The third kappa shape index (κ3) is 5.44. The number of nitrogens with two attached hydrogens (primary N) is 1. The minimum absolute atomic E-state index is 0.0728. The minimum atomic E-state index is -4.56. The number of halogens is 3. The van der Waals surface area contributed by atoms with Crippen LogP contribution in [0.2, 0.25) is 0 Å². The molecule has 4 heterocycles. The molecular formula is C25H24F3N9O3. The highest BCUT2D eigenvalue weighted by Gasteiger charge is 2.31. The van der Waals surface area contributed by atoms with Crippen molar-refractivity contribution < 1.29 is 27.5 Å². The van der Waals surface area contributed by atoms with Crippen molar-refractivity contribution in [3.05, 3.63) is 60.2 Å². The molecule has 12 nitrogen and oxygen atoms in total. The number of methoxy groups -OCH3 is 1. The van der Waals surface area contributed by atoms with Gasteiger partial charge in [-0.1, -0.05) is 12.1 Å². The van der Waals surface area contributed by atoms with Crippen LogP contribution < -0.4 is 26.4 Å². The Hall–Kier alpha value is -4.92. The summed E-state index contributed by atoms with van der Waals surface area (Å²) in [5.74, 6) is 0.410. The molecule has 40 heavy (non-hydrogen) atoms. The largest absolute Gasteiger partial charge is 0.494 e. The SMILES string of the molecule is COc1c(-c2ccc(NC(=O)Nc3cc(C(F)(F)F)ccn3)cc2)c2c(N)ncnn2c1CN1CCNC(=O)C1. The number of piperazine rings is 1. The number of rotatable bonds is 6. The summed E-state index contributed by atoms with van der Waals surface area (Å²) in [5, 5.41) is 12.0. The average molecular weight is 556 g/mol.